The summed E-state index contributed by atoms with van der Waals surface area (Å²) in [6.45, 7) is 0.154. The molecule has 1 aromatic carbocycles. The number of anilines is 1. The molecule has 0 radical (unpaired) electrons. The number of hydrogen-bond donors (Lipinski definition) is 2. The summed E-state index contributed by atoms with van der Waals surface area (Å²) in [5.41, 5.74) is 5.82. The first-order valence-corrected chi connectivity index (χ1v) is 4.60. The third-order valence-electron chi connectivity index (χ3n) is 1.95. The van der Waals surface area contributed by atoms with Crippen LogP contribution < -0.4 is 10.5 Å². The van der Waals surface area contributed by atoms with E-state index in [1.807, 2.05) is 0 Å². The average molecular weight is 221 g/mol. The number of rotatable bonds is 3. The van der Waals surface area contributed by atoms with Gasteiger partial charge >= 0.3 is 0 Å². The van der Waals surface area contributed by atoms with E-state index in [0.717, 1.165) is 0 Å². The lowest BCUT2D eigenvalue weighted by atomic mass is 10.3. The molecule has 0 spiro atoms. The van der Waals surface area contributed by atoms with Gasteiger partial charge in [-0.2, -0.15) is 4.80 Å². The fraction of sp³-hybridized carbons (Fsp3) is 0.222. The van der Waals surface area contributed by atoms with E-state index in [9.17, 15) is 5.11 Å². The molecule has 0 aliphatic rings. The molecule has 7 heteroatoms. The Morgan fingerprint density at radius 2 is 2.31 bits per heavy atom. The molecular formula is C9H11N5O2. The van der Waals surface area contributed by atoms with Crippen molar-refractivity contribution in [2.45, 2.75) is 6.61 Å². The Kier molecular flexibility index (Phi) is 2.59. The van der Waals surface area contributed by atoms with Crippen molar-refractivity contribution in [1.82, 2.24) is 20.2 Å². The van der Waals surface area contributed by atoms with Crippen molar-refractivity contribution >= 4 is 5.69 Å². The zero-order valence-electron chi connectivity index (χ0n) is 8.66. The number of aryl methyl sites for hydroxylation is 1. The first-order valence-electron chi connectivity index (χ1n) is 4.60. The van der Waals surface area contributed by atoms with Gasteiger partial charge in [-0.3, -0.25) is 0 Å². The molecule has 1 aromatic heterocycles. The lowest BCUT2D eigenvalue weighted by Gasteiger charge is -2.07. The van der Waals surface area contributed by atoms with E-state index in [1.54, 1.807) is 19.2 Å². The molecule has 2 aromatic rings. The second-order valence-electron chi connectivity index (χ2n) is 3.17. The van der Waals surface area contributed by atoms with Gasteiger partial charge in [-0.25, -0.2) is 0 Å². The molecule has 16 heavy (non-hydrogen) atoms. The van der Waals surface area contributed by atoms with Crippen molar-refractivity contribution in [3.05, 3.63) is 24.0 Å². The molecule has 0 saturated heterocycles. The summed E-state index contributed by atoms with van der Waals surface area (Å²) in [5, 5.41) is 20.7. The minimum atomic E-state index is -0.00962. The van der Waals surface area contributed by atoms with Gasteiger partial charge in [0.1, 0.15) is 17.2 Å². The molecule has 0 aliphatic heterocycles. The van der Waals surface area contributed by atoms with Crippen LogP contribution in [0.2, 0.25) is 0 Å². The maximum atomic E-state index is 9.35. The fourth-order valence-electron chi connectivity index (χ4n) is 1.18. The van der Waals surface area contributed by atoms with E-state index >= 15 is 0 Å². The van der Waals surface area contributed by atoms with Crippen LogP contribution in [0.1, 0.15) is 5.82 Å². The predicted octanol–water partition coefficient (Wildman–Crippen LogP) is 0.0769. The van der Waals surface area contributed by atoms with Gasteiger partial charge in [0.25, 0.3) is 0 Å². The van der Waals surface area contributed by atoms with Crippen LogP contribution in [0.5, 0.6) is 11.5 Å². The van der Waals surface area contributed by atoms with Gasteiger partial charge in [0.2, 0.25) is 5.82 Å². The molecule has 0 aliphatic carbocycles. The molecule has 0 saturated carbocycles. The van der Waals surface area contributed by atoms with Gasteiger partial charge < -0.3 is 15.6 Å². The highest BCUT2D eigenvalue weighted by molar-refractivity contribution is 5.61. The van der Waals surface area contributed by atoms with Crippen LogP contribution in [-0.2, 0) is 13.7 Å². The van der Waals surface area contributed by atoms with Gasteiger partial charge in [-0.15, -0.1) is 10.2 Å². The van der Waals surface area contributed by atoms with E-state index in [4.69, 9.17) is 10.5 Å². The van der Waals surface area contributed by atoms with Gasteiger partial charge in [0, 0.05) is 0 Å². The number of benzene rings is 1. The molecule has 0 fully saturated rings. The van der Waals surface area contributed by atoms with Gasteiger partial charge in [-0.05, 0) is 17.3 Å². The highest BCUT2D eigenvalue weighted by atomic mass is 16.5. The van der Waals surface area contributed by atoms with Crippen LogP contribution in [0.25, 0.3) is 0 Å². The summed E-state index contributed by atoms with van der Waals surface area (Å²) in [5.74, 6) is 0.835. The summed E-state index contributed by atoms with van der Waals surface area (Å²) in [7, 11) is 1.67. The van der Waals surface area contributed by atoms with Crippen LogP contribution >= 0.6 is 0 Å². The fourth-order valence-corrected chi connectivity index (χ4v) is 1.18. The zero-order valence-corrected chi connectivity index (χ0v) is 8.66. The third-order valence-corrected chi connectivity index (χ3v) is 1.95. The topological polar surface area (TPSA) is 99.1 Å². The Balaban J connectivity index is 2.07. The Morgan fingerprint density at radius 3 is 3.00 bits per heavy atom. The van der Waals surface area contributed by atoms with E-state index in [2.05, 4.69) is 15.4 Å². The Bertz CT molecular complexity index is 496. The van der Waals surface area contributed by atoms with Crippen molar-refractivity contribution in [2.24, 2.45) is 7.05 Å². The summed E-state index contributed by atoms with van der Waals surface area (Å²) >= 11 is 0. The summed E-state index contributed by atoms with van der Waals surface area (Å²) in [4.78, 5) is 1.34. The van der Waals surface area contributed by atoms with Crippen LogP contribution in [0, 0.1) is 0 Å². The molecule has 2 rings (SSSR count). The van der Waals surface area contributed by atoms with Crippen molar-refractivity contribution in [1.29, 1.82) is 0 Å². The van der Waals surface area contributed by atoms with E-state index < -0.39 is 0 Å². The lowest BCUT2D eigenvalue weighted by Crippen LogP contribution is -2.01. The predicted molar refractivity (Wildman–Crippen MR) is 55.6 cm³/mol. The van der Waals surface area contributed by atoms with Crippen molar-refractivity contribution in [2.75, 3.05) is 5.73 Å². The monoisotopic (exact) mass is 221 g/mol. The standard InChI is InChI=1S/C9H11N5O2/c1-14-12-8(11-13-14)5-16-7-4-2-3-6(15)9(7)10/h2-4,15H,5,10H2,1H3. The molecule has 0 atom stereocenters. The second kappa shape index (κ2) is 4.05. The highest BCUT2D eigenvalue weighted by Gasteiger charge is 2.06. The van der Waals surface area contributed by atoms with Crippen molar-refractivity contribution < 1.29 is 9.84 Å². The molecule has 84 valence electrons. The molecule has 3 N–H and O–H groups in total. The first-order chi connectivity index (χ1) is 7.66. The maximum absolute atomic E-state index is 9.35. The molecule has 0 amide bonds. The number of nitrogen functional groups attached to an aromatic ring is 1. The minimum absolute atomic E-state index is 0.00962. The Hall–Kier alpha value is -2.31. The number of aromatic nitrogens is 4. The largest absolute Gasteiger partial charge is 0.506 e. The normalized spacial score (nSPS) is 10.3. The highest BCUT2D eigenvalue weighted by Crippen LogP contribution is 2.30. The quantitative estimate of drug-likeness (QED) is 0.562. The van der Waals surface area contributed by atoms with Crippen molar-refractivity contribution in [3.63, 3.8) is 0 Å². The molecule has 7 nitrogen and oxygen atoms in total. The van der Waals surface area contributed by atoms with Crippen LogP contribution in [0.15, 0.2) is 18.2 Å². The number of aromatic hydroxyl groups is 1. The molecule has 0 bridgehead atoms. The summed E-state index contributed by atoms with van der Waals surface area (Å²) in [6, 6.07) is 4.79. The molecule has 0 unspecified atom stereocenters. The molecular weight excluding hydrogens is 210 g/mol. The van der Waals surface area contributed by atoms with Gasteiger partial charge in [0.15, 0.2) is 6.61 Å². The first kappa shape index (κ1) is 10.2. The average Bonchev–Trinajstić information content (AvgIpc) is 2.67. The number of tetrazole rings is 1. The van der Waals surface area contributed by atoms with Crippen LogP contribution in [0.4, 0.5) is 5.69 Å². The maximum Gasteiger partial charge on any atom is 0.212 e. The number of para-hydroxylation sites is 1. The van der Waals surface area contributed by atoms with E-state index in [0.29, 0.717) is 11.6 Å². The summed E-state index contributed by atoms with van der Waals surface area (Å²) < 4.78 is 5.35. The number of nitrogens with zero attached hydrogens (tertiary/aromatic N) is 4. The number of phenolic OH excluding ortho intramolecular Hbond substituents is 1. The second-order valence-corrected chi connectivity index (χ2v) is 3.17. The van der Waals surface area contributed by atoms with Gasteiger partial charge in [0.05, 0.1) is 7.05 Å². The van der Waals surface area contributed by atoms with E-state index in [1.165, 1.54) is 10.9 Å². The molecule has 1 heterocycles. The Morgan fingerprint density at radius 1 is 1.50 bits per heavy atom. The number of nitrogens with two attached hydrogens (primary N) is 1. The third kappa shape index (κ3) is 2.02. The Labute approximate surface area is 91.4 Å². The number of phenols is 1. The van der Waals surface area contributed by atoms with Gasteiger partial charge in [-0.1, -0.05) is 6.07 Å². The van der Waals surface area contributed by atoms with Crippen LogP contribution in [0.3, 0.4) is 0 Å². The smallest absolute Gasteiger partial charge is 0.212 e. The number of ether oxygens (including phenoxy) is 1. The SMILES string of the molecule is Cn1nnc(COc2cccc(O)c2N)n1. The summed E-state index contributed by atoms with van der Waals surface area (Å²) in [6.07, 6.45) is 0. The zero-order chi connectivity index (χ0) is 11.5. The lowest BCUT2D eigenvalue weighted by molar-refractivity contribution is 0.295. The van der Waals surface area contributed by atoms with E-state index in [-0.39, 0.29) is 18.0 Å². The number of hydrogen-bond acceptors (Lipinski definition) is 6. The van der Waals surface area contributed by atoms with Crippen LogP contribution in [-0.4, -0.2) is 25.3 Å². The van der Waals surface area contributed by atoms with Crippen molar-refractivity contribution in [3.8, 4) is 11.5 Å². The minimum Gasteiger partial charge on any atom is -0.506 e.